The van der Waals surface area contributed by atoms with E-state index in [-0.39, 0.29) is 6.10 Å². The van der Waals surface area contributed by atoms with Gasteiger partial charge in [0.05, 0.1) is 6.10 Å². The lowest BCUT2D eigenvalue weighted by molar-refractivity contribution is 0.0394. The topological polar surface area (TPSA) is 20.2 Å². The summed E-state index contributed by atoms with van der Waals surface area (Å²) in [6.45, 7) is 4.43. The van der Waals surface area contributed by atoms with Crippen LogP contribution in [-0.2, 0) is 0 Å². The minimum absolute atomic E-state index is 0.0136. The summed E-state index contributed by atoms with van der Waals surface area (Å²) in [6.07, 6.45) is 6.16. The van der Waals surface area contributed by atoms with Crippen molar-refractivity contribution in [2.45, 2.75) is 52.1 Å². The number of aliphatic hydroxyl groups is 1. The van der Waals surface area contributed by atoms with Gasteiger partial charge in [0, 0.05) is 0 Å². The van der Waals surface area contributed by atoms with E-state index in [1.165, 1.54) is 25.7 Å². The van der Waals surface area contributed by atoms with Crippen molar-refractivity contribution in [3.05, 3.63) is 0 Å². The number of rotatable bonds is 2. The van der Waals surface area contributed by atoms with Crippen molar-refractivity contribution in [2.24, 2.45) is 11.8 Å². The van der Waals surface area contributed by atoms with E-state index in [0.29, 0.717) is 5.92 Å². The first-order valence-corrected chi connectivity index (χ1v) is 4.93. The quantitative estimate of drug-likeness (QED) is 0.651. The van der Waals surface area contributed by atoms with Crippen LogP contribution in [0, 0.1) is 11.8 Å². The Morgan fingerprint density at radius 3 is 2.73 bits per heavy atom. The molecule has 0 saturated heterocycles. The number of hydrogen-bond acceptors (Lipinski definition) is 1. The summed E-state index contributed by atoms with van der Waals surface area (Å²) >= 11 is 0. The second kappa shape index (κ2) is 4.10. The van der Waals surface area contributed by atoms with Gasteiger partial charge >= 0.3 is 0 Å². The van der Waals surface area contributed by atoms with Gasteiger partial charge in [-0.3, -0.25) is 0 Å². The van der Waals surface area contributed by atoms with Crippen LogP contribution in [0.5, 0.6) is 0 Å². The number of hydrogen-bond donors (Lipinski definition) is 1. The van der Waals surface area contributed by atoms with Gasteiger partial charge in [0.25, 0.3) is 0 Å². The first-order valence-electron chi connectivity index (χ1n) is 4.93. The molecule has 0 aromatic rings. The van der Waals surface area contributed by atoms with Crippen LogP contribution in [0.3, 0.4) is 0 Å². The van der Waals surface area contributed by atoms with E-state index in [2.05, 4.69) is 13.8 Å². The molecule has 0 aromatic carbocycles. The summed E-state index contributed by atoms with van der Waals surface area (Å²) in [5.74, 6) is 1.34. The van der Waals surface area contributed by atoms with Crippen molar-refractivity contribution in [1.82, 2.24) is 0 Å². The van der Waals surface area contributed by atoms with Gasteiger partial charge in [-0.1, -0.05) is 39.5 Å². The SMILES string of the molecule is CCCC1CCCC(O)C1C. The molecule has 66 valence electrons. The highest BCUT2D eigenvalue weighted by atomic mass is 16.3. The molecular weight excluding hydrogens is 136 g/mol. The Balaban J connectivity index is 2.38. The molecule has 11 heavy (non-hydrogen) atoms. The molecule has 0 radical (unpaired) electrons. The lowest BCUT2D eigenvalue weighted by Gasteiger charge is -2.32. The smallest absolute Gasteiger partial charge is 0.0568 e. The van der Waals surface area contributed by atoms with E-state index in [4.69, 9.17) is 0 Å². The Morgan fingerprint density at radius 1 is 1.36 bits per heavy atom. The van der Waals surface area contributed by atoms with Crippen molar-refractivity contribution < 1.29 is 5.11 Å². The molecule has 0 spiro atoms. The standard InChI is InChI=1S/C10H20O/c1-3-5-9-6-4-7-10(11)8(9)2/h8-11H,3-7H2,1-2H3. The van der Waals surface area contributed by atoms with Crippen LogP contribution >= 0.6 is 0 Å². The third-order valence-corrected chi connectivity index (χ3v) is 3.08. The zero-order valence-electron chi connectivity index (χ0n) is 7.71. The Labute approximate surface area is 69.8 Å². The van der Waals surface area contributed by atoms with Crippen molar-refractivity contribution in [2.75, 3.05) is 0 Å². The highest BCUT2D eigenvalue weighted by Gasteiger charge is 2.27. The van der Waals surface area contributed by atoms with E-state index in [1.54, 1.807) is 0 Å². The molecule has 1 saturated carbocycles. The molecule has 3 unspecified atom stereocenters. The van der Waals surface area contributed by atoms with Crippen LogP contribution in [0.2, 0.25) is 0 Å². The van der Waals surface area contributed by atoms with Gasteiger partial charge in [-0.25, -0.2) is 0 Å². The average Bonchev–Trinajstić information content (AvgIpc) is 1.99. The Morgan fingerprint density at radius 2 is 2.09 bits per heavy atom. The molecule has 0 bridgehead atoms. The van der Waals surface area contributed by atoms with Crippen LogP contribution in [-0.4, -0.2) is 11.2 Å². The van der Waals surface area contributed by atoms with E-state index in [9.17, 15) is 5.11 Å². The van der Waals surface area contributed by atoms with Crippen LogP contribution in [0.1, 0.15) is 46.0 Å². The van der Waals surface area contributed by atoms with Gasteiger partial charge in [-0.05, 0) is 18.3 Å². The normalized spacial score (nSPS) is 39.0. The fourth-order valence-corrected chi connectivity index (χ4v) is 2.21. The van der Waals surface area contributed by atoms with Gasteiger partial charge in [-0.15, -0.1) is 0 Å². The lowest BCUT2D eigenvalue weighted by Crippen LogP contribution is -2.29. The highest BCUT2D eigenvalue weighted by Crippen LogP contribution is 2.32. The zero-order valence-corrected chi connectivity index (χ0v) is 7.71. The zero-order chi connectivity index (χ0) is 8.27. The van der Waals surface area contributed by atoms with Gasteiger partial charge in [0.15, 0.2) is 0 Å². The first-order chi connectivity index (χ1) is 5.25. The number of aliphatic hydroxyl groups excluding tert-OH is 1. The molecule has 0 aliphatic heterocycles. The molecule has 3 atom stereocenters. The first kappa shape index (κ1) is 9.05. The Kier molecular flexibility index (Phi) is 3.38. The summed E-state index contributed by atoms with van der Waals surface area (Å²) in [5.41, 5.74) is 0. The Bertz CT molecular complexity index is 109. The molecule has 1 rings (SSSR count). The molecule has 1 aliphatic carbocycles. The van der Waals surface area contributed by atoms with Crippen molar-refractivity contribution in [1.29, 1.82) is 0 Å². The maximum absolute atomic E-state index is 9.57. The van der Waals surface area contributed by atoms with E-state index in [0.717, 1.165) is 12.3 Å². The third-order valence-electron chi connectivity index (χ3n) is 3.08. The molecule has 1 nitrogen and oxygen atoms in total. The van der Waals surface area contributed by atoms with Crippen molar-refractivity contribution in [3.8, 4) is 0 Å². The average molecular weight is 156 g/mol. The largest absolute Gasteiger partial charge is 0.393 e. The highest BCUT2D eigenvalue weighted by molar-refractivity contribution is 4.78. The fraction of sp³-hybridized carbons (Fsp3) is 1.00. The predicted molar refractivity (Wildman–Crippen MR) is 47.4 cm³/mol. The van der Waals surface area contributed by atoms with Gasteiger partial charge < -0.3 is 5.11 Å². The summed E-state index contributed by atoms with van der Waals surface area (Å²) < 4.78 is 0. The van der Waals surface area contributed by atoms with Gasteiger partial charge in [-0.2, -0.15) is 0 Å². The van der Waals surface area contributed by atoms with Crippen LogP contribution in [0.25, 0.3) is 0 Å². The lowest BCUT2D eigenvalue weighted by atomic mass is 9.76. The molecule has 1 fully saturated rings. The fourth-order valence-electron chi connectivity index (χ4n) is 2.21. The molecule has 0 heterocycles. The van der Waals surface area contributed by atoms with Crippen LogP contribution < -0.4 is 0 Å². The van der Waals surface area contributed by atoms with Crippen LogP contribution in [0.4, 0.5) is 0 Å². The molecule has 1 aliphatic rings. The second-order valence-corrected chi connectivity index (χ2v) is 3.91. The van der Waals surface area contributed by atoms with Gasteiger partial charge in [0.2, 0.25) is 0 Å². The predicted octanol–water partition coefficient (Wildman–Crippen LogP) is 2.58. The Hall–Kier alpha value is -0.0400. The van der Waals surface area contributed by atoms with E-state index in [1.807, 2.05) is 0 Å². The van der Waals surface area contributed by atoms with Crippen LogP contribution in [0.15, 0.2) is 0 Å². The molecule has 1 heteroatoms. The summed E-state index contributed by atoms with van der Waals surface area (Å²) in [5, 5.41) is 9.57. The molecule has 1 N–H and O–H groups in total. The van der Waals surface area contributed by atoms with Crippen molar-refractivity contribution in [3.63, 3.8) is 0 Å². The summed E-state index contributed by atoms with van der Waals surface area (Å²) in [7, 11) is 0. The second-order valence-electron chi connectivity index (χ2n) is 3.91. The summed E-state index contributed by atoms with van der Waals surface area (Å²) in [6, 6.07) is 0. The molecule has 0 amide bonds. The minimum Gasteiger partial charge on any atom is -0.393 e. The van der Waals surface area contributed by atoms with E-state index < -0.39 is 0 Å². The van der Waals surface area contributed by atoms with E-state index >= 15 is 0 Å². The van der Waals surface area contributed by atoms with Crippen molar-refractivity contribution >= 4 is 0 Å². The van der Waals surface area contributed by atoms with Gasteiger partial charge in [0.1, 0.15) is 0 Å². The molecular formula is C10H20O. The maximum atomic E-state index is 9.57. The maximum Gasteiger partial charge on any atom is 0.0568 e. The monoisotopic (exact) mass is 156 g/mol. The summed E-state index contributed by atoms with van der Waals surface area (Å²) in [4.78, 5) is 0. The third kappa shape index (κ3) is 2.19. The minimum atomic E-state index is -0.0136. The molecule has 0 aromatic heterocycles.